The molecule has 0 radical (unpaired) electrons. The number of thiazole rings is 1. The van der Waals surface area contributed by atoms with Gasteiger partial charge in [-0.05, 0) is 39.0 Å². The summed E-state index contributed by atoms with van der Waals surface area (Å²) in [6.07, 6.45) is 5.12. The lowest BCUT2D eigenvalue weighted by atomic mass is 9.95. The van der Waals surface area contributed by atoms with Crippen LogP contribution in [0.4, 0.5) is 0 Å². The maximum absolute atomic E-state index is 12.8. The van der Waals surface area contributed by atoms with E-state index in [1.54, 1.807) is 11.3 Å². The highest BCUT2D eigenvalue weighted by atomic mass is 32.1. The van der Waals surface area contributed by atoms with Gasteiger partial charge in [-0.1, -0.05) is 0 Å². The van der Waals surface area contributed by atoms with Crippen molar-refractivity contribution in [3.05, 3.63) is 16.1 Å². The van der Waals surface area contributed by atoms with Crippen molar-refractivity contribution in [2.24, 2.45) is 5.92 Å². The molecule has 2 aliphatic rings. The van der Waals surface area contributed by atoms with Crippen molar-refractivity contribution in [2.75, 3.05) is 19.8 Å². The Kier molecular flexibility index (Phi) is 4.36. The first kappa shape index (κ1) is 14.0. The molecule has 0 saturated carbocycles. The lowest BCUT2D eigenvalue weighted by Crippen LogP contribution is -2.43. The molecule has 2 saturated heterocycles. The van der Waals surface area contributed by atoms with E-state index in [9.17, 15) is 4.79 Å². The topological polar surface area (TPSA) is 42.4 Å². The molecule has 1 atom stereocenters. The summed E-state index contributed by atoms with van der Waals surface area (Å²) in [4.78, 5) is 19.5. The molecule has 1 aromatic rings. The van der Waals surface area contributed by atoms with Gasteiger partial charge in [0.05, 0.1) is 6.04 Å². The summed E-state index contributed by atoms with van der Waals surface area (Å²) in [5, 5.41) is 3.20. The summed E-state index contributed by atoms with van der Waals surface area (Å²) in [6.45, 7) is 4.36. The molecule has 5 heteroatoms. The Balaban J connectivity index is 1.76. The molecule has 110 valence electrons. The zero-order chi connectivity index (χ0) is 13.9. The van der Waals surface area contributed by atoms with Crippen LogP contribution in [0.5, 0.6) is 0 Å². The van der Waals surface area contributed by atoms with Crippen LogP contribution in [0, 0.1) is 12.8 Å². The number of hydrogen-bond acceptors (Lipinski definition) is 4. The van der Waals surface area contributed by atoms with E-state index in [-0.39, 0.29) is 12.0 Å². The summed E-state index contributed by atoms with van der Waals surface area (Å²) in [6, 6.07) is 0.206. The van der Waals surface area contributed by atoms with Crippen molar-refractivity contribution < 1.29 is 9.53 Å². The van der Waals surface area contributed by atoms with Crippen molar-refractivity contribution in [3.8, 4) is 0 Å². The minimum absolute atomic E-state index is 0.158. The quantitative estimate of drug-likeness (QED) is 0.842. The minimum Gasteiger partial charge on any atom is -0.381 e. The van der Waals surface area contributed by atoms with Crippen LogP contribution in [-0.4, -0.2) is 35.5 Å². The zero-order valence-electron chi connectivity index (χ0n) is 12.0. The second-order valence-electron chi connectivity index (χ2n) is 5.76. The van der Waals surface area contributed by atoms with Crippen LogP contribution in [0.3, 0.4) is 0 Å². The number of carbonyl (C=O) groups excluding carboxylic acids is 1. The molecule has 2 aliphatic heterocycles. The SMILES string of the molecule is Cc1csc(C2CCCCN2C(=O)C2CCOCC2)n1. The summed E-state index contributed by atoms with van der Waals surface area (Å²) in [5.41, 5.74) is 1.06. The fourth-order valence-electron chi connectivity index (χ4n) is 3.16. The molecule has 0 aromatic carbocycles. The molecule has 2 fully saturated rings. The fourth-order valence-corrected chi connectivity index (χ4v) is 4.10. The van der Waals surface area contributed by atoms with Gasteiger partial charge in [0.2, 0.25) is 5.91 Å². The van der Waals surface area contributed by atoms with E-state index in [2.05, 4.69) is 15.3 Å². The molecule has 3 rings (SSSR count). The third-order valence-electron chi connectivity index (χ3n) is 4.28. The minimum atomic E-state index is 0.158. The van der Waals surface area contributed by atoms with Gasteiger partial charge in [-0.3, -0.25) is 4.79 Å². The summed E-state index contributed by atoms with van der Waals surface area (Å²) in [7, 11) is 0. The number of rotatable bonds is 2. The first-order valence-electron chi connectivity index (χ1n) is 7.56. The van der Waals surface area contributed by atoms with Gasteiger partial charge in [0, 0.05) is 36.8 Å². The molecular weight excluding hydrogens is 272 g/mol. The van der Waals surface area contributed by atoms with Crippen LogP contribution in [0.2, 0.25) is 0 Å². The fraction of sp³-hybridized carbons (Fsp3) is 0.733. The Hall–Kier alpha value is -0.940. The Bertz CT molecular complexity index is 468. The largest absolute Gasteiger partial charge is 0.381 e. The molecule has 1 aromatic heterocycles. The van der Waals surface area contributed by atoms with Crippen molar-refractivity contribution in [1.82, 2.24) is 9.88 Å². The highest BCUT2D eigenvalue weighted by Crippen LogP contribution is 2.34. The smallest absolute Gasteiger partial charge is 0.226 e. The second-order valence-corrected chi connectivity index (χ2v) is 6.65. The zero-order valence-corrected chi connectivity index (χ0v) is 12.8. The number of hydrogen-bond donors (Lipinski definition) is 0. The molecule has 20 heavy (non-hydrogen) atoms. The van der Waals surface area contributed by atoms with Gasteiger partial charge < -0.3 is 9.64 Å². The number of amides is 1. The van der Waals surface area contributed by atoms with E-state index in [1.807, 2.05) is 6.92 Å². The maximum atomic E-state index is 12.8. The molecule has 0 bridgehead atoms. The first-order chi connectivity index (χ1) is 9.75. The molecule has 0 aliphatic carbocycles. The van der Waals surface area contributed by atoms with Crippen LogP contribution in [0.1, 0.15) is 48.8 Å². The number of piperidine rings is 1. The van der Waals surface area contributed by atoms with E-state index in [1.165, 1.54) is 6.42 Å². The van der Waals surface area contributed by atoms with E-state index in [0.717, 1.165) is 56.1 Å². The van der Waals surface area contributed by atoms with E-state index >= 15 is 0 Å². The van der Waals surface area contributed by atoms with Crippen LogP contribution in [0.15, 0.2) is 5.38 Å². The number of aryl methyl sites for hydroxylation is 1. The van der Waals surface area contributed by atoms with Gasteiger partial charge in [0.15, 0.2) is 0 Å². The molecule has 1 unspecified atom stereocenters. The van der Waals surface area contributed by atoms with Gasteiger partial charge in [0.25, 0.3) is 0 Å². The predicted octanol–water partition coefficient (Wildman–Crippen LogP) is 2.93. The number of ether oxygens (including phenoxy) is 1. The molecule has 0 spiro atoms. The summed E-state index contributed by atoms with van der Waals surface area (Å²) < 4.78 is 5.37. The average Bonchev–Trinajstić information content (AvgIpc) is 2.94. The Morgan fingerprint density at radius 1 is 1.35 bits per heavy atom. The van der Waals surface area contributed by atoms with E-state index in [0.29, 0.717) is 5.91 Å². The lowest BCUT2D eigenvalue weighted by molar-refractivity contribution is -0.142. The van der Waals surface area contributed by atoms with Gasteiger partial charge >= 0.3 is 0 Å². The summed E-state index contributed by atoms with van der Waals surface area (Å²) >= 11 is 1.69. The lowest BCUT2D eigenvalue weighted by Gasteiger charge is -2.37. The van der Waals surface area contributed by atoms with Gasteiger partial charge in [-0.15, -0.1) is 11.3 Å². The van der Waals surface area contributed by atoms with Crippen molar-refractivity contribution >= 4 is 17.2 Å². The first-order valence-corrected chi connectivity index (χ1v) is 8.44. The molecule has 1 amide bonds. The van der Waals surface area contributed by atoms with Crippen LogP contribution in [0.25, 0.3) is 0 Å². The number of nitrogens with zero attached hydrogens (tertiary/aromatic N) is 2. The van der Waals surface area contributed by atoms with Crippen LogP contribution >= 0.6 is 11.3 Å². The molecule has 3 heterocycles. The third kappa shape index (κ3) is 2.88. The van der Waals surface area contributed by atoms with Crippen LogP contribution in [-0.2, 0) is 9.53 Å². The molecule has 0 N–H and O–H groups in total. The number of likely N-dealkylation sites (tertiary alicyclic amines) is 1. The van der Waals surface area contributed by atoms with E-state index < -0.39 is 0 Å². The molecule has 4 nitrogen and oxygen atoms in total. The van der Waals surface area contributed by atoms with Crippen LogP contribution < -0.4 is 0 Å². The summed E-state index contributed by atoms with van der Waals surface area (Å²) in [5.74, 6) is 0.483. The Labute approximate surface area is 124 Å². The van der Waals surface area contributed by atoms with Gasteiger partial charge in [-0.25, -0.2) is 4.98 Å². The van der Waals surface area contributed by atoms with E-state index in [4.69, 9.17) is 4.74 Å². The monoisotopic (exact) mass is 294 g/mol. The molecular formula is C15H22N2O2S. The third-order valence-corrected chi connectivity index (χ3v) is 5.34. The Morgan fingerprint density at radius 3 is 2.85 bits per heavy atom. The normalized spacial score (nSPS) is 24.9. The predicted molar refractivity (Wildman–Crippen MR) is 78.7 cm³/mol. The number of carbonyl (C=O) groups is 1. The number of aromatic nitrogens is 1. The highest BCUT2D eigenvalue weighted by Gasteiger charge is 2.34. The van der Waals surface area contributed by atoms with Gasteiger partial charge in [-0.2, -0.15) is 0 Å². The van der Waals surface area contributed by atoms with Crippen molar-refractivity contribution in [1.29, 1.82) is 0 Å². The standard InChI is InChI=1S/C15H22N2O2S/c1-11-10-20-14(16-11)13-4-2-3-7-17(13)15(18)12-5-8-19-9-6-12/h10,12-13H,2-9H2,1H3. The van der Waals surface area contributed by atoms with Crippen molar-refractivity contribution in [3.63, 3.8) is 0 Å². The van der Waals surface area contributed by atoms with Gasteiger partial charge in [0.1, 0.15) is 5.01 Å². The van der Waals surface area contributed by atoms with Crippen molar-refractivity contribution in [2.45, 2.75) is 45.1 Å². The Morgan fingerprint density at radius 2 is 2.15 bits per heavy atom. The highest BCUT2D eigenvalue weighted by molar-refractivity contribution is 7.09. The second kappa shape index (κ2) is 6.22. The average molecular weight is 294 g/mol. The maximum Gasteiger partial charge on any atom is 0.226 e.